The zero-order valence-electron chi connectivity index (χ0n) is 10.2. The number of benzene rings is 1. The predicted molar refractivity (Wildman–Crippen MR) is 67.5 cm³/mol. The molecule has 0 aliphatic carbocycles. The van der Waals surface area contributed by atoms with Crippen molar-refractivity contribution in [3.63, 3.8) is 0 Å². The summed E-state index contributed by atoms with van der Waals surface area (Å²) in [6.45, 7) is 4.00. The summed E-state index contributed by atoms with van der Waals surface area (Å²) < 4.78 is 0. The Labute approximate surface area is 97.2 Å². The Balaban J connectivity index is 2.70. The number of nitrogens with zero attached hydrogens (tertiary/aromatic N) is 1. The normalized spacial score (nSPS) is 12.2. The zero-order valence-corrected chi connectivity index (χ0v) is 10.2. The quantitative estimate of drug-likeness (QED) is 0.844. The molecule has 1 rings (SSSR count). The highest BCUT2D eigenvalue weighted by Crippen LogP contribution is 2.15. The van der Waals surface area contributed by atoms with E-state index in [1.807, 2.05) is 38.1 Å². The molecule has 0 heterocycles. The molecular formula is C13H20N2O. The Bertz CT molecular complexity index is 363. The average molecular weight is 220 g/mol. The van der Waals surface area contributed by atoms with Gasteiger partial charge < -0.3 is 10.6 Å². The smallest absolute Gasteiger partial charge is 0.228 e. The Morgan fingerprint density at radius 2 is 2.19 bits per heavy atom. The van der Waals surface area contributed by atoms with Gasteiger partial charge in [-0.25, -0.2) is 0 Å². The molecule has 1 unspecified atom stereocenters. The molecule has 16 heavy (non-hydrogen) atoms. The van der Waals surface area contributed by atoms with E-state index in [4.69, 9.17) is 5.73 Å². The number of anilines is 1. The second kappa shape index (κ2) is 5.66. The fourth-order valence-electron chi connectivity index (χ4n) is 1.49. The maximum absolute atomic E-state index is 11.9. The Morgan fingerprint density at radius 1 is 1.50 bits per heavy atom. The van der Waals surface area contributed by atoms with E-state index in [1.54, 1.807) is 11.9 Å². The first kappa shape index (κ1) is 12.7. The lowest BCUT2D eigenvalue weighted by atomic mass is 10.1. The first-order valence-electron chi connectivity index (χ1n) is 5.63. The van der Waals surface area contributed by atoms with E-state index in [0.717, 1.165) is 17.7 Å². The summed E-state index contributed by atoms with van der Waals surface area (Å²) in [6.07, 6.45) is 1.23. The highest BCUT2D eigenvalue weighted by Gasteiger charge is 2.13. The first-order chi connectivity index (χ1) is 7.54. The van der Waals surface area contributed by atoms with Gasteiger partial charge in [0, 0.05) is 25.2 Å². The molecule has 88 valence electrons. The van der Waals surface area contributed by atoms with Crippen LogP contribution in [0.25, 0.3) is 0 Å². The zero-order chi connectivity index (χ0) is 12.1. The van der Waals surface area contributed by atoms with Crippen LogP contribution in [0, 0.1) is 6.92 Å². The highest BCUT2D eigenvalue weighted by molar-refractivity contribution is 5.93. The van der Waals surface area contributed by atoms with Crippen LogP contribution in [-0.2, 0) is 4.79 Å². The van der Waals surface area contributed by atoms with Gasteiger partial charge in [0.2, 0.25) is 5.91 Å². The van der Waals surface area contributed by atoms with Crippen LogP contribution in [0.3, 0.4) is 0 Å². The second-order valence-corrected chi connectivity index (χ2v) is 4.16. The van der Waals surface area contributed by atoms with Crippen molar-refractivity contribution in [2.75, 3.05) is 11.9 Å². The molecule has 0 aliphatic rings. The van der Waals surface area contributed by atoms with Gasteiger partial charge in [-0.2, -0.15) is 0 Å². The lowest BCUT2D eigenvalue weighted by molar-refractivity contribution is -0.118. The lowest BCUT2D eigenvalue weighted by Gasteiger charge is -2.19. The van der Waals surface area contributed by atoms with E-state index in [2.05, 4.69) is 0 Å². The molecular weight excluding hydrogens is 200 g/mol. The number of rotatable bonds is 4. The summed E-state index contributed by atoms with van der Waals surface area (Å²) >= 11 is 0. The molecule has 0 aliphatic heterocycles. The summed E-state index contributed by atoms with van der Waals surface area (Å²) in [6, 6.07) is 7.85. The highest BCUT2D eigenvalue weighted by atomic mass is 16.2. The van der Waals surface area contributed by atoms with Crippen molar-refractivity contribution in [1.29, 1.82) is 0 Å². The summed E-state index contributed by atoms with van der Waals surface area (Å²) in [4.78, 5) is 13.5. The number of hydrogen-bond acceptors (Lipinski definition) is 2. The largest absolute Gasteiger partial charge is 0.327 e. The van der Waals surface area contributed by atoms with Gasteiger partial charge in [-0.1, -0.05) is 19.1 Å². The van der Waals surface area contributed by atoms with Crippen LogP contribution in [0.5, 0.6) is 0 Å². The predicted octanol–water partition coefficient (Wildman–Crippen LogP) is 2.09. The molecule has 1 aromatic rings. The molecule has 0 saturated carbocycles. The minimum Gasteiger partial charge on any atom is -0.327 e. The maximum Gasteiger partial charge on any atom is 0.228 e. The van der Waals surface area contributed by atoms with Crippen LogP contribution in [0.2, 0.25) is 0 Å². The number of hydrogen-bond donors (Lipinski definition) is 1. The van der Waals surface area contributed by atoms with Crippen molar-refractivity contribution in [2.45, 2.75) is 32.7 Å². The number of amides is 1. The summed E-state index contributed by atoms with van der Waals surface area (Å²) in [7, 11) is 1.79. The van der Waals surface area contributed by atoms with E-state index in [-0.39, 0.29) is 11.9 Å². The number of nitrogens with two attached hydrogens (primary N) is 1. The summed E-state index contributed by atoms with van der Waals surface area (Å²) in [5, 5.41) is 0. The van der Waals surface area contributed by atoms with Crippen LogP contribution in [-0.4, -0.2) is 19.0 Å². The fraction of sp³-hybridized carbons (Fsp3) is 0.462. The fourth-order valence-corrected chi connectivity index (χ4v) is 1.49. The van der Waals surface area contributed by atoms with Gasteiger partial charge in [-0.3, -0.25) is 4.79 Å². The van der Waals surface area contributed by atoms with Crippen LogP contribution in [0.4, 0.5) is 5.69 Å². The van der Waals surface area contributed by atoms with Crippen LogP contribution in [0.15, 0.2) is 24.3 Å². The minimum absolute atomic E-state index is 0.0419. The maximum atomic E-state index is 11.9. The number of carbonyl (C=O) groups is 1. The van der Waals surface area contributed by atoms with E-state index in [9.17, 15) is 4.79 Å². The molecule has 0 spiro atoms. The molecule has 1 atom stereocenters. The van der Waals surface area contributed by atoms with Crippen molar-refractivity contribution in [3.8, 4) is 0 Å². The molecule has 0 aromatic heterocycles. The first-order valence-corrected chi connectivity index (χ1v) is 5.63. The van der Waals surface area contributed by atoms with Gasteiger partial charge in [0.05, 0.1) is 0 Å². The van der Waals surface area contributed by atoms with Crippen molar-refractivity contribution >= 4 is 11.6 Å². The van der Waals surface area contributed by atoms with Gasteiger partial charge in [0.1, 0.15) is 0 Å². The van der Waals surface area contributed by atoms with Crippen LogP contribution >= 0.6 is 0 Å². The Hall–Kier alpha value is -1.35. The van der Waals surface area contributed by atoms with Gasteiger partial charge in [-0.05, 0) is 31.0 Å². The molecule has 0 bridgehead atoms. The summed E-state index contributed by atoms with van der Waals surface area (Å²) in [5.74, 6) is 0.0694. The Kier molecular flexibility index (Phi) is 4.50. The molecule has 2 N–H and O–H groups in total. The molecule has 3 nitrogen and oxygen atoms in total. The molecule has 3 heteroatoms. The third-order valence-corrected chi connectivity index (χ3v) is 2.72. The Morgan fingerprint density at radius 3 is 2.75 bits per heavy atom. The van der Waals surface area contributed by atoms with E-state index < -0.39 is 0 Å². The minimum atomic E-state index is -0.0419. The molecule has 1 aromatic carbocycles. The molecule has 0 saturated heterocycles. The standard InChI is InChI=1S/C13H20N2O/c1-4-11(14)9-13(16)15(3)12-7-5-6-10(2)8-12/h5-8,11H,4,9,14H2,1-3H3. The van der Waals surface area contributed by atoms with Gasteiger partial charge >= 0.3 is 0 Å². The SMILES string of the molecule is CCC(N)CC(=O)N(C)c1cccc(C)c1. The van der Waals surface area contributed by atoms with Crippen LogP contribution < -0.4 is 10.6 Å². The van der Waals surface area contributed by atoms with Crippen molar-refractivity contribution in [2.24, 2.45) is 5.73 Å². The van der Waals surface area contributed by atoms with Gasteiger partial charge in [-0.15, -0.1) is 0 Å². The van der Waals surface area contributed by atoms with Gasteiger partial charge in [0.25, 0.3) is 0 Å². The molecule has 0 radical (unpaired) electrons. The topological polar surface area (TPSA) is 46.3 Å². The number of carbonyl (C=O) groups excluding carboxylic acids is 1. The van der Waals surface area contributed by atoms with E-state index in [0.29, 0.717) is 6.42 Å². The monoisotopic (exact) mass is 220 g/mol. The van der Waals surface area contributed by atoms with E-state index >= 15 is 0 Å². The third kappa shape index (κ3) is 3.35. The second-order valence-electron chi connectivity index (χ2n) is 4.16. The lowest BCUT2D eigenvalue weighted by Crippen LogP contribution is -2.32. The number of aryl methyl sites for hydroxylation is 1. The molecule has 0 fully saturated rings. The van der Waals surface area contributed by atoms with Crippen LogP contribution in [0.1, 0.15) is 25.3 Å². The third-order valence-electron chi connectivity index (χ3n) is 2.72. The molecule has 1 amide bonds. The van der Waals surface area contributed by atoms with Gasteiger partial charge in [0.15, 0.2) is 0 Å². The van der Waals surface area contributed by atoms with Crippen molar-refractivity contribution in [3.05, 3.63) is 29.8 Å². The van der Waals surface area contributed by atoms with Crippen molar-refractivity contribution in [1.82, 2.24) is 0 Å². The van der Waals surface area contributed by atoms with Crippen molar-refractivity contribution < 1.29 is 4.79 Å². The summed E-state index contributed by atoms with van der Waals surface area (Å²) in [5.41, 5.74) is 7.85. The van der Waals surface area contributed by atoms with E-state index in [1.165, 1.54) is 0 Å². The average Bonchev–Trinajstić information content (AvgIpc) is 2.27.